The molecule has 0 fully saturated rings. The van der Waals surface area contributed by atoms with Gasteiger partial charge in [-0.05, 0) is 30.1 Å². The first-order valence-electron chi connectivity index (χ1n) is 6.29. The van der Waals surface area contributed by atoms with Gasteiger partial charge in [-0.1, -0.05) is 13.0 Å². The Labute approximate surface area is 119 Å². The molecule has 0 bridgehead atoms. The van der Waals surface area contributed by atoms with Crippen LogP contribution >= 0.6 is 11.3 Å². The van der Waals surface area contributed by atoms with Crippen molar-refractivity contribution in [2.45, 2.75) is 25.6 Å². The minimum absolute atomic E-state index is 0.0686. The van der Waals surface area contributed by atoms with Gasteiger partial charge in [0.1, 0.15) is 0 Å². The van der Waals surface area contributed by atoms with Gasteiger partial charge in [-0.3, -0.25) is 4.98 Å². The van der Waals surface area contributed by atoms with Gasteiger partial charge < -0.3 is 5.32 Å². The molecule has 2 heterocycles. The van der Waals surface area contributed by atoms with Crippen molar-refractivity contribution in [2.24, 2.45) is 0 Å². The number of nitrogens with zero attached hydrogens (tertiary/aromatic N) is 1. The maximum Gasteiger partial charge on any atom is 0.417 e. The molecule has 0 aliphatic rings. The molecule has 1 unspecified atom stereocenters. The van der Waals surface area contributed by atoms with Gasteiger partial charge in [0.05, 0.1) is 17.3 Å². The number of hydrogen-bond donors (Lipinski definition) is 1. The second-order valence-electron chi connectivity index (χ2n) is 4.36. The van der Waals surface area contributed by atoms with Crippen LogP contribution in [0.4, 0.5) is 13.2 Å². The lowest BCUT2D eigenvalue weighted by Crippen LogP contribution is -2.23. The fourth-order valence-corrected chi connectivity index (χ4v) is 2.69. The summed E-state index contributed by atoms with van der Waals surface area (Å²) >= 11 is 1.63. The molecule has 0 radical (unpaired) electrons. The molecule has 2 nitrogen and oxygen atoms in total. The highest BCUT2D eigenvalue weighted by Gasteiger charge is 2.31. The van der Waals surface area contributed by atoms with E-state index in [4.69, 9.17) is 0 Å². The molecule has 1 atom stereocenters. The average molecular weight is 300 g/mol. The van der Waals surface area contributed by atoms with Crippen LogP contribution in [0.2, 0.25) is 0 Å². The topological polar surface area (TPSA) is 24.9 Å². The van der Waals surface area contributed by atoms with Crippen molar-refractivity contribution in [3.05, 3.63) is 52.0 Å². The summed E-state index contributed by atoms with van der Waals surface area (Å²) in [5, 5.41) is 5.24. The van der Waals surface area contributed by atoms with E-state index in [9.17, 15) is 13.2 Å². The maximum atomic E-state index is 12.5. The summed E-state index contributed by atoms with van der Waals surface area (Å²) < 4.78 is 37.6. The van der Waals surface area contributed by atoms with E-state index in [-0.39, 0.29) is 6.04 Å². The third-order valence-electron chi connectivity index (χ3n) is 2.91. The first-order chi connectivity index (χ1) is 9.50. The zero-order valence-electron chi connectivity index (χ0n) is 10.9. The van der Waals surface area contributed by atoms with Crippen molar-refractivity contribution in [1.29, 1.82) is 0 Å². The second-order valence-corrected chi connectivity index (χ2v) is 5.40. The van der Waals surface area contributed by atoms with E-state index >= 15 is 0 Å². The van der Waals surface area contributed by atoms with Crippen molar-refractivity contribution < 1.29 is 13.2 Å². The van der Waals surface area contributed by atoms with E-state index in [0.717, 1.165) is 25.2 Å². The van der Waals surface area contributed by atoms with Gasteiger partial charge >= 0.3 is 6.18 Å². The summed E-state index contributed by atoms with van der Waals surface area (Å²) in [7, 11) is 0. The van der Waals surface area contributed by atoms with Crippen molar-refractivity contribution in [3.8, 4) is 0 Å². The summed E-state index contributed by atoms with van der Waals surface area (Å²) in [6.07, 6.45) is -2.72. The van der Waals surface area contributed by atoms with Crippen LogP contribution < -0.4 is 5.32 Å². The van der Waals surface area contributed by atoms with Gasteiger partial charge in [-0.15, -0.1) is 11.3 Å². The second kappa shape index (κ2) is 6.37. The van der Waals surface area contributed by atoms with E-state index in [1.54, 1.807) is 11.3 Å². The summed E-state index contributed by atoms with van der Waals surface area (Å²) in [6.45, 7) is 2.70. The smallest absolute Gasteiger partial charge is 0.309 e. The van der Waals surface area contributed by atoms with Gasteiger partial charge in [0.2, 0.25) is 0 Å². The lowest BCUT2D eigenvalue weighted by Gasteiger charge is -2.17. The first-order valence-corrected chi connectivity index (χ1v) is 7.17. The lowest BCUT2D eigenvalue weighted by atomic mass is 10.1. The summed E-state index contributed by atoms with van der Waals surface area (Å²) in [5.74, 6) is 0. The van der Waals surface area contributed by atoms with Crippen molar-refractivity contribution in [1.82, 2.24) is 10.3 Å². The Balaban J connectivity index is 2.17. The number of thiophene rings is 1. The average Bonchev–Trinajstić information content (AvgIpc) is 2.90. The molecule has 1 N–H and O–H groups in total. The first kappa shape index (κ1) is 15.0. The Hall–Kier alpha value is -1.40. The summed E-state index contributed by atoms with van der Waals surface area (Å²) in [5.41, 5.74) is -0.0825. The maximum absolute atomic E-state index is 12.5. The number of hydrogen-bond acceptors (Lipinski definition) is 3. The Kier molecular flexibility index (Phi) is 4.77. The normalized spacial score (nSPS) is 13.4. The standard InChI is InChI=1S/C14H15F3N2S/c1-2-18-13(8-11-4-3-7-20-11)12-6-5-10(9-19-12)14(15,16)17/h3-7,9,13,18H,2,8H2,1H3. The van der Waals surface area contributed by atoms with E-state index < -0.39 is 11.7 Å². The number of likely N-dealkylation sites (N-methyl/N-ethyl adjacent to an activating group) is 1. The largest absolute Gasteiger partial charge is 0.417 e. The highest BCUT2D eigenvalue weighted by molar-refractivity contribution is 7.09. The van der Waals surface area contributed by atoms with Gasteiger partial charge in [0.25, 0.3) is 0 Å². The highest BCUT2D eigenvalue weighted by atomic mass is 32.1. The number of alkyl halides is 3. The molecular weight excluding hydrogens is 285 g/mol. The lowest BCUT2D eigenvalue weighted by molar-refractivity contribution is -0.137. The van der Waals surface area contributed by atoms with Crippen molar-refractivity contribution in [3.63, 3.8) is 0 Å². The molecule has 0 aliphatic heterocycles. The molecule has 6 heteroatoms. The van der Waals surface area contributed by atoms with Gasteiger partial charge in [-0.25, -0.2) is 0 Å². The number of pyridine rings is 1. The summed E-state index contributed by atoms with van der Waals surface area (Å²) in [6, 6.07) is 6.44. The predicted octanol–water partition coefficient (Wildman–Crippen LogP) is 4.06. The monoisotopic (exact) mass is 300 g/mol. The van der Waals surface area contributed by atoms with Crippen molar-refractivity contribution in [2.75, 3.05) is 6.54 Å². The number of rotatable bonds is 5. The van der Waals surface area contributed by atoms with E-state index in [1.165, 1.54) is 10.9 Å². The van der Waals surface area contributed by atoms with Crippen LogP contribution in [0.15, 0.2) is 35.8 Å². The zero-order chi connectivity index (χ0) is 14.6. The SMILES string of the molecule is CCNC(Cc1cccs1)c1ccc(C(F)(F)F)cn1. The fraction of sp³-hybridized carbons (Fsp3) is 0.357. The van der Waals surface area contributed by atoms with E-state index in [2.05, 4.69) is 10.3 Å². The minimum Gasteiger partial charge on any atom is -0.309 e. The Bertz CT molecular complexity index is 520. The van der Waals surface area contributed by atoms with Crippen LogP contribution in [-0.2, 0) is 12.6 Å². The molecule has 2 aromatic heterocycles. The Morgan fingerprint density at radius 3 is 2.60 bits per heavy atom. The van der Waals surface area contributed by atoms with Crippen LogP contribution in [0.5, 0.6) is 0 Å². The molecule has 0 spiro atoms. The molecular formula is C14H15F3N2S. The van der Waals surface area contributed by atoms with Crippen LogP contribution in [0.1, 0.15) is 29.1 Å². The van der Waals surface area contributed by atoms with Crippen LogP contribution in [0, 0.1) is 0 Å². The Morgan fingerprint density at radius 1 is 1.30 bits per heavy atom. The number of halogens is 3. The predicted molar refractivity (Wildman–Crippen MR) is 73.7 cm³/mol. The van der Waals surface area contributed by atoms with Gasteiger partial charge in [-0.2, -0.15) is 13.2 Å². The van der Waals surface area contributed by atoms with Crippen molar-refractivity contribution >= 4 is 11.3 Å². The fourth-order valence-electron chi connectivity index (χ4n) is 1.94. The van der Waals surface area contributed by atoms with Gasteiger partial charge in [0, 0.05) is 17.5 Å². The molecule has 2 aromatic rings. The zero-order valence-corrected chi connectivity index (χ0v) is 11.8. The molecule has 0 aromatic carbocycles. The molecule has 0 aliphatic carbocycles. The quantitative estimate of drug-likeness (QED) is 0.901. The van der Waals surface area contributed by atoms with Gasteiger partial charge in [0.15, 0.2) is 0 Å². The number of aromatic nitrogens is 1. The highest BCUT2D eigenvalue weighted by Crippen LogP contribution is 2.29. The molecule has 20 heavy (non-hydrogen) atoms. The summed E-state index contributed by atoms with van der Waals surface area (Å²) in [4.78, 5) is 5.15. The molecule has 0 saturated carbocycles. The molecule has 0 saturated heterocycles. The Morgan fingerprint density at radius 2 is 2.10 bits per heavy atom. The molecule has 0 amide bonds. The van der Waals surface area contributed by atoms with E-state index in [1.807, 2.05) is 24.4 Å². The third-order valence-corrected chi connectivity index (χ3v) is 3.81. The third kappa shape index (κ3) is 3.80. The molecule has 108 valence electrons. The minimum atomic E-state index is -4.34. The van der Waals surface area contributed by atoms with Crippen LogP contribution in [0.3, 0.4) is 0 Å². The van der Waals surface area contributed by atoms with Crippen LogP contribution in [0.25, 0.3) is 0 Å². The van der Waals surface area contributed by atoms with E-state index in [0.29, 0.717) is 5.69 Å². The van der Waals surface area contributed by atoms with Crippen LogP contribution in [-0.4, -0.2) is 11.5 Å². The number of nitrogens with one attached hydrogen (secondary N) is 1. The molecule has 2 rings (SSSR count).